The molecule has 0 aliphatic carbocycles. The number of hydrogen-bond donors (Lipinski definition) is 4. The van der Waals surface area contributed by atoms with Gasteiger partial charge >= 0.3 is 11.9 Å². The highest BCUT2D eigenvalue weighted by atomic mass is 16.6. The van der Waals surface area contributed by atoms with E-state index in [1.807, 2.05) is 6.92 Å². The normalized spacial score (nSPS) is 30.5. The SMILES string of the molecule is C/C(=C\C(=O)OCCCCCCCCC(=O)O)C[C@@H]1OC[C@H](C[C@@H]2OC2[C@@H](C)[C@@H](C)O)[C@@H](O)[C@H]1O. The first kappa shape index (κ1) is 29.7. The zero-order valence-electron chi connectivity index (χ0n) is 21.3. The van der Waals surface area contributed by atoms with Crippen molar-refractivity contribution in [2.24, 2.45) is 11.8 Å². The molecule has 0 saturated carbocycles. The molecule has 2 rings (SSSR count). The molecule has 35 heavy (non-hydrogen) atoms. The molecule has 202 valence electrons. The smallest absolute Gasteiger partial charge is 0.330 e. The van der Waals surface area contributed by atoms with Crippen molar-refractivity contribution < 1.29 is 44.2 Å². The van der Waals surface area contributed by atoms with Crippen LogP contribution in [0, 0.1) is 11.8 Å². The molecular formula is C26H44O9. The number of carboxylic acids is 1. The van der Waals surface area contributed by atoms with Crippen LogP contribution in [-0.4, -0.2) is 82.2 Å². The van der Waals surface area contributed by atoms with Crippen LogP contribution in [0.2, 0.25) is 0 Å². The number of carboxylic acid groups (broad SMARTS) is 1. The Morgan fingerprint density at radius 3 is 2.34 bits per heavy atom. The van der Waals surface area contributed by atoms with Crippen molar-refractivity contribution >= 4 is 11.9 Å². The molecule has 0 aromatic heterocycles. The van der Waals surface area contributed by atoms with E-state index in [4.69, 9.17) is 19.3 Å². The Morgan fingerprint density at radius 2 is 1.69 bits per heavy atom. The lowest BCUT2D eigenvalue weighted by atomic mass is 9.85. The average molecular weight is 501 g/mol. The molecule has 0 aromatic carbocycles. The highest BCUT2D eigenvalue weighted by molar-refractivity contribution is 5.82. The van der Waals surface area contributed by atoms with Crippen molar-refractivity contribution in [3.8, 4) is 0 Å². The van der Waals surface area contributed by atoms with Crippen LogP contribution in [0.4, 0.5) is 0 Å². The molecule has 2 saturated heterocycles. The van der Waals surface area contributed by atoms with Gasteiger partial charge < -0.3 is 34.6 Å². The van der Waals surface area contributed by atoms with E-state index in [-0.39, 0.29) is 30.5 Å². The van der Waals surface area contributed by atoms with E-state index in [0.717, 1.165) is 32.1 Å². The predicted octanol–water partition coefficient (Wildman–Crippen LogP) is 2.59. The quantitative estimate of drug-likeness (QED) is 0.109. The lowest BCUT2D eigenvalue weighted by molar-refractivity contribution is -0.165. The summed E-state index contributed by atoms with van der Waals surface area (Å²) in [7, 11) is 0. The Kier molecular flexibility index (Phi) is 12.6. The predicted molar refractivity (Wildman–Crippen MR) is 129 cm³/mol. The highest BCUT2D eigenvalue weighted by Gasteiger charge is 2.48. The number of aliphatic carboxylic acids is 1. The van der Waals surface area contributed by atoms with Gasteiger partial charge in [-0.2, -0.15) is 0 Å². The van der Waals surface area contributed by atoms with Crippen molar-refractivity contribution in [3.63, 3.8) is 0 Å². The summed E-state index contributed by atoms with van der Waals surface area (Å²) in [5.74, 6) is -1.42. The summed E-state index contributed by atoms with van der Waals surface area (Å²) in [6.07, 6.45) is 4.61. The number of hydrogen-bond acceptors (Lipinski definition) is 8. The molecule has 0 spiro atoms. The number of carbonyl (C=O) groups is 2. The number of aliphatic hydroxyl groups excluding tert-OH is 3. The van der Waals surface area contributed by atoms with Gasteiger partial charge in [0.2, 0.25) is 0 Å². The Labute approximate surface area is 208 Å². The Balaban J connectivity index is 1.62. The summed E-state index contributed by atoms with van der Waals surface area (Å²) >= 11 is 0. The minimum absolute atomic E-state index is 0.0160. The van der Waals surface area contributed by atoms with Crippen molar-refractivity contribution in [2.75, 3.05) is 13.2 Å². The second kappa shape index (κ2) is 14.9. The van der Waals surface area contributed by atoms with E-state index >= 15 is 0 Å². The van der Waals surface area contributed by atoms with E-state index in [2.05, 4.69) is 0 Å². The molecule has 9 nitrogen and oxygen atoms in total. The molecule has 0 radical (unpaired) electrons. The van der Waals surface area contributed by atoms with E-state index in [9.17, 15) is 24.9 Å². The summed E-state index contributed by atoms with van der Waals surface area (Å²) in [5, 5.41) is 39.5. The first-order valence-corrected chi connectivity index (χ1v) is 13.0. The molecule has 0 bridgehead atoms. The van der Waals surface area contributed by atoms with Crippen molar-refractivity contribution in [1.82, 2.24) is 0 Å². The van der Waals surface area contributed by atoms with Crippen LogP contribution in [0.25, 0.3) is 0 Å². The number of ether oxygens (including phenoxy) is 3. The Morgan fingerprint density at radius 1 is 1.03 bits per heavy atom. The van der Waals surface area contributed by atoms with Gasteiger partial charge in [0, 0.05) is 24.3 Å². The monoisotopic (exact) mass is 500 g/mol. The van der Waals surface area contributed by atoms with Crippen LogP contribution in [-0.2, 0) is 23.8 Å². The molecule has 2 heterocycles. The molecule has 2 fully saturated rings. The third-order valence-electron chi connectivity index (χ3n) is 7.09. The zero-order chi connectivity index (χ0) is 26.0. The average Bonchev–Trinajstić information content (AvgIpc) is 3.55. The Bertz CT molecular complexity index is 692. The number of aliphatic hydroxyl groups is 3. The Hall–Kier alpha value is -1.52. The maximum Gasteiger partial charge on any atom is 0.330 e. The van der Waals surface area contributed by atoms with Gasteiger partial charge in [0.15, 0.2) is 0 Å². The minimum atomic E-state index is -1.06. The second-order valence-corrected chi connectivity index (χ2v) is 10.2. The third-order valence-corrected chi connectivity index (χ3v) is 7.09. The van der Waals surface area contributed by atoms with Crippen LogP contribution in [0.15, 0.2) is 11.6 Å². The van der Waals surface area contributed by atoms with Crippen LogP contribution in [0.3, 0.4) is 0 Å². The number of esters is 1. The number of carbonyl (C=O) groups excluding carboxylic acids is 1. The minimum Gasteiger partial charge on any atom is -0.481 e. The van der Waals surface area contributed by atoms with Crippen molar-refractivity contribution in [1.29, 1.82) is 0 Å². The van der Waals surface area contributed by atoms with Gasteiger partial charge in [-0.15, -0.1) is 0 Å². The first-order chi connectivity index (χ1) is 16.6. The third kappa shape index (κ3) is 10.6. The highest BCUT2D eigenvalue weighted by Crippen LogP contribution is 2.38. The fraction of sp³-hybridized carbons (Fsp3) is 0.846. The second-order valence-electron chi connectivity index (χ2n) is 10.2. The largest absolute Gasteiger partial charge is 0.481 e. The van der Waals surface area contributed by atoms with Gasteiger partial charge in [-0.1, -0.05) is 38.2 Å². The number of unbranched alkanes of at least 4 members (excludes halogenated alkanes) is 5. The first-order valence-electron chi connectivity index (χ1n) is 13.0. The molecular weight excluding hydrogens is 456 g/mol. The standard InChI is InChI=1S/C26H44O9/c1-16(13-23(30)33-11-9-7-5-4-6-8-10-22(28)29)12-20-25(32)24(31)19(15-34-20)14-21-26(35-21)17(2)18(3)27/h13,17-21,24-27,31-32H,4-12,14-15H2,1-3H3,(H,28,29)/b16-13+/t17-,18+,19-,20-,21-,24+,25-,26?/m0/s1. The molecule has 8 atom stereocenters. The van der Waals surface area contributed by atoms with Gasteiger partial charge in [-0.05, 0) is 39.5 Å². The van der Waals surface area contributed by atoms with Gasteiger partial charge in [0.05, 0.1) is 43.7 Å². The summed E-state index contributed by atoms with van der Waals surface area (Å²) in [6, 6.07) is 0. The fourth-order valence-corrected chi connectivity index (χ4v) is 4.59. The summed E-state index contributed by atoms with van der Waals surface area (Å²) < 4.78 is 16.7. The van der Waals surface area contributed by atoms with E-state index in [0.29, 0.717) is 38.0 Å². The summed E-state index contributed by atoms with van der Waals surface area (Å²) in [4.78, 5) is 22.5. The summed E-state index contributed by atoms with van der Waals surface area (Å²) in [5.41, 5.74) is 0.708. The van der Waals surface area contributed by atoms with Crippen LogP contribution >= 0.6 is 0 Å². The zero-order valence-corrected chi connectivity index (χ0v) is 21.3. The number of epoxide rings is 1. The van der Waals surface area contributed by atoms with E-state index < -0.39 is 36.4 Å². The summed E-state index contributed by atoms with van der Waals surface area (Å²) in [6.45, 7) is 6.07. The molecule has 0 amide bonds. The van der Waals surface area contributed by atoms with Crippen molar-refractivity contribution in [2.45, 2.75) is 115 Å². The molecule has 9 heteroatoms. The topological polar surface area (TPSA) is 146 Å². The van der Waals surface area contributed by atoms with E-state index in [1.165, 1.54) is 6.08 Å². The van der Waals surface area contributed by atoms with Gasteiger partial charge in [-0.3, -0.25) is 4.79 Å². The molecule has 1 unspecified atom stereocenters. The van der Waals surface area contributed by atoms with Crippen molar-refractivity contribution in [3.05, 3.63) is 11.6 Å². The van der Waals surface area contributed by atoms with Crippen LogP contribution in [0.1, 0.15) is 78.6 Å². The van der Waals surface area contributed by atoms with Crippen LogP contribution < -0.4 is 0 Å². The van der Waals surface area contributed by atoms with Gasteiger partial charge in [0.1, 0.15) is 6.10 Å². The number of rotatable bonds is 16. The fourth-order valence-electron chi connectivity index (χ4n) is 4.59. The van der Waals surface area contributed by atoms with E-state index in [1.54, 1.807) is 13.8 Å². The molecule has 4 N–H and O–H groups in total. The van der Waals surface area contributed by atoms with Gasteiger partial charge in [-0.25, -0.2) is 4.79 Å². The van der Waals surface area contributed by atoms with Crippen LogP contribution in [0.5, 0.6) is 0 Å². The lowest BCUT2D eigenvalue weighted by Gasteiger charge is -2.38. The maximum absolute atomic E-state index is 12.1. The maximum atomic E-state index is 12.1. The molecule has 2 aliphatic rings. The van der Waals surface area contributed by atoms with Gasteiger partial charge in [0.25, 0.3) is 0 Å². The molecule has 0 aromatic rings. The lowest BCUT2D eigenvalue weighted by Crippen LogP contribution is -2.50. The molecule has 2 aliphatic heterocycles.